The number of halogens is 1. The van der Waals surface area contributed by atoms with Gasteiger partial charge in [-0.3, -0.25) is 19.2 Å². The Labute approximate surface area is 249 Å². The van der Waals surface area contributed by atoms with Crippen molar-refractivity contribution in [2.45, 2.75) is 90.0 Å². The van der Waals surface area contributed by atoms with Crippen molar-refractivity contribution in [3.63, 3.8) is 0 Å². The number of hydrogen-bond donors (Lipinski definition) is 1. The fourth-order valence-corrected chi connectivity index (χ4v) is 7.71. The van der Waals surface area contributed by atoms with Gasteiger partial charge in [0.15, 0.2) is 12.2 Å². The molecule has 0 unspecified atom stereocenters. The summed E-state index contributed by atoms with van der Waals surface area (Å²) in [6, 6.07) is 4.81. The Kier molecular flexibility index (Phi) is 8.70. The third-order valence-corrected chi connectivity index (χ3v) is 9.21. The van der Waals surface area contributed by atoms with E-state index in [1.54, 1.807) is 12.1 Å². The molecule has 4 bridgehead atoms. The fraction of sp³-hybridized carbons (Fsp3) is 0.613. The van der Waals surface area contributed by atoms with Crippen molar-refractivity contribution in [2.24, 2.45) is 23.7 Å². The lowest BCUT2D eigenvalue weighted by molar-refractivity contribution is -0.360. The molecule has 0 amide bonds. The van der Waals surface area contributed by atoms with E-state index in [1.165, 1.54) is 50.7 Å². The van der Waals surface area contributed by atoms with Gasteiger partial charge in [-0.25, -0.2) is 0 Å². The van der Waals surface area contributed by atoms with Crippen molar-refractivity contribution in [3.8, 4) is 0 Å². The number of carbonyl (C=O) groups is 4. The average Bonchev–Trinajstić information content (AvgIpc) is 2.88. The molecule has 0 aromatic heterocycles. The van der Waals surface area contributed by atoms with Gasteiger partial charge in [0.2, 0.25) is 11.9 Å². The van der Waals surface area contributed by atoms with E-state index in [0.29, 0.717) is 22.4 Å². The third-order valence-electron chi connectivity index (χ3n) is 8.87. The van der Waals surface area contributed by atoms with Crippen LogP contribution >= 0.6 is 11.6 Å². The molecule has 11 heteroatoms. The van der Waals surface area contributed by atoms with Crippen LogP contribution in [0.25, 0.3) is 6.08 Å². The Morgan fingerprint density at radius 2 is 1.45 bits per heavy atom. The molecule has 0 radical (unpaired) electrons. The number of hydrogen-bond acceptors (Lipinski definition) is 10. The normalized spacial score (nSPS) is 34.9. The van der Waals surface area contributed by atoms with Crippen molar-refractivity contribution in [1.82, 2.24) is 0 Å². The molecule has 42 heavy (non-hydrogen) atoms. The van der Waals surface area contributed by atoms with Crippen LogP contribution in [-0.4, -0.2) is 60.0 Å². The highest BCUT2D eigenvalue weighted by molar-refractivity contribution is 6.32. The Morgan fingerprint density at radius 1 is 0.881 bits per heavy atom. The summed E-state index contributed by atoms with van der Waals surface area (Å²) in [5, 5.41) is 12.7. The molecule has 1 heterocycles. The SMILES string of the molecule is CC(=O)OC[C@H]1O[C@@](O)(c2ccc(Cl)c(C=C3C4CC5CC(C4)CC3C5)c2)[C@H](OC(C)=O)[C@@H](OC(C)=O)[C@@H]1OC(C)=O. The van der Waals surface area contributed by atoms with E-state index in [-0.39, 0.29) is 5.56 Å². The lowest BCUT2D eigenvalue weighted by atomic mass is 9.54. The van der Waals surface area contributed by atoms with E-state index in [2.05, 4.69) is 6.08 Å². The van der Waals surface area contributed by atoms with Crippen molar-refractivity contribution >= 4 is 41.6 Å². The van der Waals surface area contributed by atoms with Gasteiger partial charge in [0.1, 0.15) is 12.7 Å². The molecule has 1 aromatic rings. The van der Waals surface area contributed by atoms with Crippen LogP contribution in [0.3, 0.4) is 0 Å². The zero-order valence-corrected chi connectivity index (χ0v) is 24.9. The Balaban J connectivity index is 1.57. The molecule has 4 saturated carbocycles. The molecule has 10 nitrogen and oxygen atoms in total. The summed E-state index contributed by atoms with van der Waals surface area (Å²) < 4.78 is 27.7. The second-order valence-electron chi connectivity index (χ2n) is 12.0. The van der Waals surface area contributed by atoms with Crippen LogP contribution in [0.2, 0.25) is 5.02 Å². The lowest BCUT2D eigenvalue weighted by Gasteiger charge is -2.51. The van der Waals surface area contributed by atoms with E-state index in [1.807, 2.05) is 0 Å². The Morgan fingerprint density at radius 3 is 2.00 bits per heavy atom. The molecule has 1 aliphatic heterocycles. The highest BCUT2D eigenvalue weighted by Crippen LogP contribution is 2.57. The minimum Gasteiger partial charge on any atom is -0.463 e. The van der Waals surface area contributed by atoms with Crippen LogP contribution in [0.5, 0.6) is 0 Å². The standard InChI is InChI=1S/C31H37ClO10/c1-15(33)38-14-27-28(39-16(2)34)29(40-17(3)35)30(41-18(4)36)31(37,42-27)24-5-6-26(32)23(12-24)13-25-21-8-19-7-20(10-21)11-22(25)9-19/h5-6,12-13,19-22,27-30,37H,7-11,14H2,1-4H3/t19?,20?,21?,22?,27-,28-,29+,30-,31+/m1/s1. The van der Waals surface area contributed by atoms with Gasteiger partial charge < -0.3 is 28.8 Å². The second-order valence-corrected chi connectivity index (χ2v) is 12.4. The van der Waals surface area contributed by atoms with Crippen molar-refractivity contribution in [3.05, 3.63) is 39.9 Å². The first-order valence-electron chi connectivity index (χ1n) is 14.4. The van der Waals surface area contributed by atoms with E-state index >= 15 is 0 Å². The van der Waals surface area contributed by atoms with Crippen LogP contribution in [0.4, 0.5) is 0 Å². The molecular weight excluding hydrogens is 568 g/mol. The molecule has 5 fully saturated rings. The van der Waals surface area contributed by atoms with Gasteiger partial charge in [0, 0.05) is 38.3 Å². The zero-order chi connectivity index (χ0) is 30.3. The van der Waals surface area contributed by atoms with E-state index < -0.39 is 60.7 Å². The van der Waals surface area contributed by atoms with Gasteiger partial charge in [-0.05, 0) is 73.5 Å². The van der Waals surface area contributed by atoms with Gasteiger partial charge in [0.25, 0.3) is 0 Å². The fourth-order valence-electron chi connectivity index (χ4n) is 7.53. The number of rotatable bonds is 7. The highest BCUT2D eigenvalue weighted by atomic mass is 35.5. The first-order chi connectivity index (χ1) is 19.8. The van der Waals surface area contributed by atoms with Crippen LogP contribution in [-0.2, 0) is 48.6 Å². The topological polar surface area (TPSA) is 135 Å². The molecule has 5 aliphatic rings. The van der Waals surface area contributed by atoms with Gasteiger partial charge >= 0.3 is 23.9 Å². The molecule has 0 spiro atoms. The smallest absolute Gasteiger partial charge is 0.303 e. The molecule has 228 valence electrons. The Bertz CT molecular complexity index is 1260. The average molecular weight is 605 g/mol. The summed E-state index contributed by atoms with van der Waals surface area (Å²) in [6.07, 6.45) is 2.32. The number of carbonyl (C=O) groups excluding carboxylic acids is 4. The maximum absolute atomic E-state index is 12.3. The van der Waals surface area contributed by atoms with Gasteiger partial charge in [0.05, 0.1) is 0 Å². The summed E-state index contributed by atoms with van der Waals surface area (Å²) in [5.41, 5.74) is 2.20. The van der Waals surface area contributed by atoms with E-state index in [0.717, 1.165) is 32.6 Å². The number of allylic oxidation sites excluding steroid dienone is 1. The lowest BCUT2D eigenvalue weighted by Crippen LogP contribution is -2.66. The van der Waals surface area contributed by atoms with Gasteiger partial charge in [-0.1, -0.05) is 29.3 Å². The van der Waals surface area contributed by atoms with Crippen LogP contribution < -0.4 is 0 Å². The molecular formula is C31H37ClO10. The summed E-state index contributed by atoms with van der Waals surface area (Å²) in [7, 11) is 0. The summed E-state index contributed by atoms with van der Waals surface area (Å²) in [5.74, 6) is -2.81. The van der Waals surface area contributed by atoms with Crippen LogP contribution in [0.15, 0.2) is 23.8 Å². The quantitative estimate of drug-likeness (QED) is 0.358. The van der Waals surface area contributed by atoms with E-state index in [9.17, 15) is 24.3 Å². The molecule has 1 saturated heterocycles. The largest absolute Gasteiger partial charge is 0.463 e. The molecule has 6 rings (SSSR count). The van der Waals surface area contributed by atoms with Gasteiger partial charge in [-0.2, -0.15) is 0 Å². The molecule has 4 aliphatic carbocycles. The summed E-state index contributed by atoms with van der Waals surface area (Å²) in [4.78, 5) is 48.2. The van der Waals surface area contributed by atoms with Gasteiger partial charge in [-0.15, -0.1) is 0 Å². The minimum atomic E-state index is -2.41. The molecule has 1 aromatic carbocycles. The van der Waals surface area contributed by atoms with Crippen molar-refractivity contribution in [1.29, 1.82) is 0 Å². The Hall–Kier alpha value is -2.95. The first-order valence-corrected chi connectivity index (χ1v) is 14.8. The number of aliphatic hydroxyl groups is 1. The predicted octanol–water partition coefficient (Wildman–Crippen LogP) is 4.08. The van der Waals surface area contributed by atoms with Crippen LogP contribution in [0.1, 0.15) is 70.9 Å². The number of ether oxygens (including phenoxy) is 5. The molecule has 1 N–H and O–H groups in total. The monoisotopic (exact) mass is 604 g/mol. The second kappa shape index (κ2) is 12.0. The summed E-state index contributed by atoms with van der Waals surface area (Å²) >= 11 is 6.67. The first kappa shape index (κ1) is 30.5. The maximum Gasteiger partial charge on any atom is 0.303 e. The predicted molar refractivity (Wildman–Crippen MR) is 149 cm³/mol. The number of esters is 4. The van der Waals surface area contributed by atoms with Crippen molar-refractivity contribution < 1.29 is 48.0 Å². The van der Waals surface area contributed by atoms with Crippen molar-refractivity contribution in [2.75, 3.05) is 6.61 Å². The van der Waals surface area contributed by atoms with E-state index in [4.69, 9.17) is 35.3 Å². The van der Waals surface area contributed by atoms with Crippen LogP contribution in [0, 0.1) is 23.7 Å². The molecule has 5 atom stereocenters. The zero-order valence-electron chi connectivity index (χ0n) is 24.2. The number of benzene rings is 1. The maximum atomic E-state index is 12.3. The third kappa shape index (κ3) is 6.21. The minimum absolute atomic E-state index is 0.167. The highest BCUT2D eigenvalue weighted by Gasteiger charge is 2.60. The summed E-state index contributed by atoms with van der Waals surface area (Å²) in [6.45, 7) is 4.13.